The Kier molecular flexibility index (Phi) is 6.79. The van der Waals surface area contributed by atoms with Gasteiger partial charge in [0.05, 0.1) is 11.2 Å². The fourth-order valence-corrected chi connectivity index (χ4v) is 4.27. The van der Waals surface area contributed by atoms with Crippen LogP contribution in [0.15, 0.2) is 17.0 Å². The first-order valence-electron chi connectivity index (χ1n) is 7.97. The smallest absolute Gasteiger partial charge is 0.244 e. The van der Waals surface area contributed by atoms with E-state index in [4.69, 9.17) is 5.73 Å². The average Bonchev–Trinajstić information content (AvgIpc) is 2.87. The summed E-state index contributed by atoms with van der Waals surface area (Å²) in [6.45, 7) is 4.77. The number of rotatable bonds is 4. The van der Waals surface area contributed by atoms with Crippen LogP contribution in [0.1, 0.15) is 46.5 Å². The molecule has 1 amide bonds. The number of carbonyl (C=O) groups excluding carboxylic acids is 1. The monoisotopic (exact) mass is 411 g/mol. The van der Waals surface area contributed by atoms with Crippen molar-refractivity contribution in [2.24, 2.45) is 5.73 Å². The Bertz CT molecular complexity index is 789. The van der Waals surface area contributed by atoms with Crippen molar-refractivity contribution in [3.8, 4) is 0 Å². The number of carbonyl (C=O) groups is 1. The van der Waals surface area contributed by atoms with E-state index in [1.165, 1.54) is 0 Å². The Hall–Kier alpha value is -1.29. The van der Waals surface area contributed by atoms with Gasteiger partial charge in [-0.3, -0.25) is 4.79 Å². The van der Waals surface area contributed by atoms with Gasteiger partial charge < -0.3 is 11.1 Å². The summed E-state index contributed by atoms with van der Waals surface area (Å²) in [7, 11) is -4.23. The third-order valence-corrected chi connectivity index (χ3v) is 5.72. The first-order valence-corrected chi connectivity index (χ1v) is 9.46. The van der Waals surface area contributed by atoms with Gasteiger partial charge in [-0.2, -0.15) is 0 Å². The lowest BCUT2D eigenvalue weighted by atomic mass is 9.98. The van der Waals surface area contributed by atoms with Crippen molar-refractivity contribution in [2.75, 3.05) is 5.32 Å². The molecule has 1 aromatic rings. The topological polar surface area (TPSA) is 101 Å². The van der Waals surface area contributed by atoms with E-state index in [0.717, 1.165) is 18.9 Å². The minimum Gasteiger partial charge on any atom is -0.322 e. The third kappa shape index (κ3) is 5.12. The minimum absolute atomic E-state index is 0. The molecule has 0 unspecified atom stereocenters. The van der Waals surface area contributed by atoms with Crippen molar-refractivity contribution < 1.29 is 22.0 Å². The normalized spacial score (nSPS) is 16.8. The number of nitrogens with two attached hydrogens (primary N) is 1. The standard InChI is InChI=1S/C16H23F2N3O3S.ClH/c1-15(2,3)21-25(23,24)13-9-12(10(17)8-11(13)18)20-14(22)16(19)6-4-5-7-16;/h8-9,21H,4-7,19H2,1-3H3,(H,20,22);1H. The molecule has 1 aromatic carbocycles. The predicted octanol–water partition coefficient (Wildman–Crippen LogP) is 2.67. The number of benzene rings is 1. The minimum atomic E-state index is -4.23. The fraction of sp³-hybridized carbons (Fsp3) is 0.562. The van der Waals surface area contributed by atoms with Gasteiger partial charge in [-0.05, 0) is 39.7 Å². The first kappa shape index (κ1) is 22.8. The Morgan fingerprint density at radius 3 is 2.19 bits per heavy atom. The molecule has 1 aliphatic carbocycles. The molecule has 1 fully saturated rings. The Morgan fingerprint density at radius 2 is 1.69 bits per heavy atom. The fourth-order valence-electron chi connectivity index (χ4n) is 2.77. The van der Waals surface area contributed by atoms with Gasteiger partial charge in [0.25, 0.3) is 0 Å². The summed E-state index contributed by atoms with van der Waals surface area (Å²) in [6, 6.07) is 1.21. The largest absolute Gasteiger partial charge is 0.322 e. The van der Waals surface area contributed by atoms with E-state index in [1.54, 1.807) is 20.8 Å². The second-order valence-corrected chi connectivity index (χ2v) is 9.09. The van der Waals surface area contributed by atoms with Crippen LogP contribution in [0.3, 0.4) is 0 Å². The number of halogens is 3. The first-order chi connectivity index (χ1) is 11.3. The Labute approximate surface area is 158 Å². The number of nitrogens with one attached hydrogen (secondary N) is 2. The highest BCUT2D eigenvalue weighted by Gasteiger charge is 2.37. The Balaban J connectivity index is 0.00000338. The van der Waals surface area contributed by atoms with Crippen LogP contribution in [0.25, 0.3) is 0 Å². The molecule has 148 valence electrons. The Morgan fingerprint density at radius 1 is 1.15 bits per heavy atom. The van der Waals surface area contributed by atoms with Crippen molar-refractivity contribution in [1.29, 1.82) is 0 Å². The molecular weight excluding hydrogens is 388 g/mol. The van der Waals surface area contributed by atoms with Crippen molar-refractivity contribution in [3.63, 3.8) is 0 Å². The van der Waals surface area contributed by atoms with Gasteiger partial charge in [0.2, 0.25) is 15.9 Å². The zero-order valence-corrected chi connectivity index (χ0v) is 16.5. The molecule has 6 nitrogen and oxygen atoms in total. The number of amides is 1. The molecule has 0 aromatic heterocycles. The highest BCUT2D eigenvalue weighted by molar-refractivity contribution is 7.89. The average molecular weight is 412 g/mol. The number of anilines is 1. The molecule has 2 rings (SSSR count). The molecule has 26 heavy (non-hydrogen) atoms. The maximum Gasteiger partial charge on any atom is 0.244 e. The van der Waals surface area contributed by atoms with Crippen LogP contribution < -0.4 is 15.8 Å². The summed E-state index contributed by atoms with van der Waals surface area (Å²) in [5.74, 6) is -2.92. The van der Waals surface area contributed by atoms with E-state index in [9.17, 15) is 22.0 Å². The summed E-state index contributed by atoms with van der Waals surface area (Å²) >= 11 is 0. The highest BCUT2D eigenvalue weighted by Crippen LogP contribution is 2.30. The molecule has 0 atom stereocenters. The van der Waals surface area contributed by atoms with Crippen LogP contribution in [0.5, 0.6) is 0 Å². The molecule has 1 saturated carbocycles. The lowest BCUT2D eigenvalue weighted by molar-refractivity contribution is -0.121. The SMILES string of the molecule is CC(C)(C)NS(=O)(=O)c1cc(NC(=O)C2(N)CCCC2)c(F)cc1F.Cl. The molecule has 4 N–H and O–H groups in total. The molecule has 1 aliphatic rings. The van der Waals surface area contributed by atoms with Gasteiger partial charge in [-0.25, -0.2) is 21.9 Å². The zero-order chi connectivity index (χ0) is 19.0. The van der Waals surface area contributed by atoms with Gasteiger partial charge in [0.1, 0.15) is 16.5 Å². The van der Waals surface area contributed by atoms with E-state index < -0.39 is 49.2 Å². The maximum atomic E-state index is 14.0. The summed E-state index contributed by atoms with van der Waals surface area (Å²) in [5, 5.41) is 2.30. The number of hydrogen-bond acceptors (Lipinski definition) is 4. The number of hydrogen-bond donors (Lipinski definition) is 3. The van der Waals surface area contributed by atoms with Crippen LogP contribution in [-0.2, 0) is 14.8 Å². The second kappa shape index (κ2) is 7.75. The second-order valence-electron chi connectivity index (χ2n) is 7.44. The maximum absolute atomic E-state index is 14.0. The summed E-state index contributed by atoms with van der Waals surface area (Å²) < 4.78 is 55.0. The summed E-state index contributed by atoms with van der Waals surface area (Å²) in [4.78, 5) is 11.6. The molecule has 0 bridgehead atoms. The van der Waals surface area contributed by atoms with Crippen molar-refractivity contribution in [3.05, 3.63) is 23.8 Å². The van der Waals surface area contributed by atoms with Crippen LogP contribution >= 0.6 is 12.4 Å². The van der Waals surface area contributed by atoms with Crippen LogP contribution in [-0.4, -0.2) is 25.4 Å². The van der Waals surface area contributed by atoms with Gasteiger partial charge in [-0.1, -0.05) is 12.8 Å². The molecule has 0 radical (unpaired) electrons. The van der Waals surface area contributed by atoms with E-state index in [-0.39, 0.29) is 12.4 Å². The van der Waals surface area contributed by atoms with E-state index in [2.05, 4.69) is 10.0 Å². The van der Waals surface area contributed by atoms with Crippen LogP contribution in [0, 0.1) is 11.6 Å². The quantitative estimate of drug-likeness (QED) is 0.708. The molecule has 0 saturated heterocycles. The van der Waals surface area contributed by atoms with Gasteiger partial charge in [0.15, 0.2) is 0 Å². The van der Waals surface area contributed by atoms with E-state index in [1.807, 2.05) is 0 Å². The van der Waals surface area contributed by atoms with Crippen molar-refractivity contribution in [1.82, 2.24) is 4.72 Å². The molecule has 10 heteroatoms. The number of sulfonamides is 1. The molecule has 0 heterocycles. The van der Waals surface area contributed by atoms with Crippen LogP contribution in [0.4, 0.5) is 14.5 Å². The predicted molar refractivity (Wildman–Crippen MR) is 97.7 cm³/mol. The lowest BCUT2D eigenvalue weighted by Gasteiger charge is -2.23. The van der Waals surface area contributed by atoms with E-state index in [0.29, 0.717) is 18.9 Å². The van der Waals surface area contributed by atoms with E-state index >= 15 is 0 Å². The highest BCUT2D eigenvalue weighted by atomic mass is 35.5. The molecular formula is C16H24ClF2N3O3S. The summed E-state index contributed by atoms with van der Waals surface area (Å²) in [6.07, 6.45) is 2.48. The molecule has 0 aliphatic heterocycles. The van der Waals surface area contributed by atoms with Crippen molar-refractivity contribution >= 4 is 34.0 Å². The zero-order valence-electron chi connectivity index (χ0n) is 14.9. The molecule has 0 spiro atoms. The summed E-state index contributed by atoms with van der Waals surface area (Å²) in [5.41, 5.74) is 3.60. The van der Waals surface area contributed by atoms with Gasteiger partial charge >= 0.3 is 0 Å². The van der Waals surface area contributed by atoms with Gasteiger partial charge in [0, 0.05) is 11.6 Å². The third-order valence-electron chi connectivity index (χ3n) is 3.95. The van der Waals surface area contributed by atoms with Crippen LogP contribution in [0.2, 0.25) is 0 Å². The van der Waals surface area contributed by atoms with Gasteiger partial charge in [-0.15, -0.1) is 12.4 Å². The lowest BCUT2D eigenvalue weighted by Crippen LogP contribution is -2.48. The van der Waals surface area contributed by atoms with Crippen molar-refractivity contribution in [2.45, 2.75) is 62.4 Å².